The van der Waals surface area contributed by atoms with Crippen molar-refractivity contribution in [2.75, 3.05) is 20.6 Å². The number of hydrogen-bond acceptors (Lipinski definition) is 3. The summed E-state index contributed by atoms with van der Waals surface area (Å²) in [7, 11) is 4.18. The molecule has 84 valence electrons. The Morgan fingerprint density at radius 1 is 1.36 bits per heavy atom. The Labute approximate surface area is 87.5 Å². The Bertz CT molecular complexity index is 180. The topological polar surface area (TPSA) is 35.5 Å². The number of likely N-dealkylation sites (N-methyl/N-ethyl adjacent to an activating group) is 1. The van der Waals surface area contributed by atoms with E-state index in [-0.39, 0.29) is 11.6 Å². The van der Waals surface area contributed by atoms with Gasteiger partial charge in [-0.05, 0) is 47.2 Å². The van der Waals surface area contributed by atoms with Crippen molar-refractivity contribution in [3.63, 3.8) is 0 Å². The Balaban J connectivity index is 2.32. The largest absolute Gasteiger partial charge is 0.392 e. The molecule has 2 atom stereocenters. The van der Waals surface area contributed by atoms with E-state index < -0.39 is 0 Å². The SMILES string of the molecule is CN(C)C(C)(C)CN[C@@H]1CCC[C@@H]1O. The van der Waals surface area contributed by atoms with Gasteiger partial charge in [-0.25, -0.2) is 0 Å². The van der Waals surface area contributed by atoms with Gasteiger partial charge in [-0.3, -0.25) is 0 Å². The van der Waals surface area contributed by atoms with Gasteiger partial charge in [0, 0.05) is 18.1 Å². The third-order valence-electron chi connectivity index (χ3n) is 3.49. The first-order chi connectivity index (χ1) is 6.43. The van der Waals surface area contributed by atoms with E-state index in [0.717, 1.165) is 25.8 Å². The Morgan fingerprint density at radius 2 is 2.00 bits per heavy atom. The van der Waals surface area contributed by atoms with Crippen LogP contribution >= 0.6 is 0 Å². The maximum absolute atomic E-state index is 9.65. The monoisotopic (exact) mass is 200 g/mol. The van der Waals surface area contributed by atoms with E-state index in [2.05, 4.69) is 38.2 Å². The third kappa shape index (κ3) is 2.94. The molecule has 0 aromatic rings. The number of aliphatic hydroxyl groups is 1. The molecule has 3 nitrogen and oxygen atoms in total. The van der Waals surface area contributed by atoms with Crippen LogP contribution < -0.4 is 5.32 Å². The van der Waals surface area contributed by atoms with Crippen LogP contribution in [0.4, 0.5) is 0 Å². The van der Waals surface area contributed by atoms with E-state index in [1.54, 1.807) is 0 Å². The average Bonchev–Trinajstić information content (AvgIpc) is 2.47. The number of nitrogens with zero attached hydrogens (tertiary/aromatic N) is 1. The fourth-order valence-electron chi connectivity index (χ4n) is 1.72. The molecule has 3 heteroatoms. The predicted molar refractivity (Wildman–Crippen MR) is 59.4 cm³/mol. The highest BCUT2D eigenvalue weighted by atomic mass is 16.3. The van der Waals surface area contributed by atoms with Gasteiger partial charge in [0.25, 0.3) is 0 Å². The van der Waals surface area contributed by atoms with Crippen LogP contribution in [0.15, 0.2) is 0 Å². The number of nitrogens with one attached hydrogen (secondary N) is 1. The number of hydrogen-bond donors (Lipinski definition) is 2. The lowest BCUT2D eigenvalue weighted by atomic mass is 10.0. The second-order valence-electron chi connectivity index (χ2n) is 5.19. The predicted octanol–water partition coefficient (Wildman–Crippen LogP) is 0.830. The lowest BCUT2D eigenvalue weighted by molar-refractivity contribution is 0.129. The highest BCUT2D eigenvalue weighted by Crippen LogP contribution is 2.19. The summed E-state index contributed by atoms with van der Waals surface area (Å²) in [6.07, 6.45) is 3.10. The van der Waals surface area contributed by atoms with E-state index in [4.69, 9.17) is 0 Å². The minimum Gasteiger partial charge on any atom is -0.392 e. The summed E-state index contributed by atoms with van der Waals surface area (Å²) in [6.45, 7) is 5.35. The molecule has 0 amide bonds. The summed E-state index contributed by atoms with van der Waals surface area (Å²) in [4.78, 5) is 2.21. The van der Waals surface area contributed by atoms with Crippen molar-refractivity contribution in [1.82, 2.24) is 10.2 Å². The van der Waals surface area contributed by atoms with Crippen molar-refractivity contribution >= 4 is 0 Å². The zero-order valence-corrected chi connectivity index (χ0v) is 9.88. The van der Waals surface area contributed by atoms with Crippen molar-refractivity contribution in [2.24, 2.45) is 0 Å². The van der Waals surface area contributed by atoms with Crippen LogP contribution in [-0.4, -0.2) is 48.3 Å². The van der Waals surface area contributed by atoms with Crippen molar-refractivity contribution in [3.8, 4) is 0 Å². The van der Waals surface area contributed by atoms with Crippen LogP contribution in [0.1, 0.15) is 33.1 Å². The Hall–Kier alpha value is -0.120. The molecule has 0 heterocycles. The average molecular weight is 200 g/mol. The van der Waals surface area contributed by atoms with Crippen LogP contribution in [0, 0.1) is 0 Å². The van der Waals surface area contributed by atoms with Crippen molar-refractivity contribution in [1.29, 1.82) is 0 Å². The van der Waals surface area contributed by atoms with Crippen molar-refractivity contribution in [3.05, 3.63) is 0 Å². The summed E-state index contributed by atoms with van der Waals surface area (Å²) in [5.41, 5.74) is 0.155. The van der Waals surface area contributed by atoms with Gasteiger partial charge in [0.1, 0.15) is 0 Å². The zero-order valence-electron chi connectivity index (χ0n) is 9.88. The molecule has 1 aliphatic carbocycles. The smallest absolute Gasteiger partial charge is 0.0693 e. The minimum atomic E-state index is -0.132. The maximum Gasteiger partial charge on any atom is 0.0693 e. The molecule has 0 bridgehead atoms. The quantitative estimate of drug-likeness (QED) is 0.705. The number of rotatable bonds is 4. The van der Waals surface area contributed by atoms with E-state index >= 15 is 0 Å². The lowest BCUT2D eigenvalue weighted by Crippen LogP contribution is -2.50. The first-order valence-corrected chi connectivity index (χ1v) is 5.52. The molecular formula is C11H24N2O. The van der Waals surface area contributed by atoms with Gasteiger partial charge in [0.05, 0.1) is 6.10 Å². The van der Waals surface area contributed by atoms with Crippen LogP contribution in [0.3, 0.4) is 0 Å². The van der Waals surface area contributed by atoms with Gasteiger partial charge in [0.2, 0.25) is 0 Å². The first kappa shape index (κ1) is 12.0. The summed E-state index contributed by atoms with van der Waals surface area (Å²) in [6, 6.07) is 0.314. The highest BCUT2D eigenvalue weighted by molar-refractivity contribution is 4.87. The summed E-state index contributed by atoms with van der Waals surface area (Å²) in [5, 5.41) is 13.1. The van der Waals surface area contributed by atoms with Crippen LogP contribution in [-0.2, 0) is 0 Å². The first-order valence-electron chi connectivity index (χ1n) is 5.52. The van der Waals surface area contributed by atoms with E-state index in [1.807, 2.05) is 0 Å². The van der Waals surface area contributed by atoms with Crippen molar-refractivity contribution in [2.45, 2.75) is 50.8 Å². The molecule has 2 N–H and O–H groups in total. The van der Waals surface area contributed by atoms with Gasteiger partial charge in [-0.1, -0.05) is 0 Å². The Kier molecular flexibility index (Phi) is 3.93. The molecule has 0 saturated heterocycles. The van der Waals surface area contributed by atoms with E-state index in [9.17, 15) is 5.11 Å². The third-order valence-corrected chi connectivity index (χ3v) is 3.49. The van der Waals surface area contributed by atoms with Crippen LogP contribution in [0.2, 0.25) is 0 Å². The van der Waals surface area contributed by atoms with Gasteiger partial charge in [0.15, 0.2) is 0 Å². The van der Waals surface area contributed by atoms with Crippen LogP contribution in [0.25, 0.3) is 0 Å². The fraction of sp³-hybridized carbons (Fsp3) is 1.00. The molecule has 0 aliphatic heterocycles. The van der Waals surface area contributed by atoms with Gasteiger partial charge >= 0.3 is 0 Å². The van der Waals surface area contributed by atoms with Crippen LogP contribution in [0.5, 0.6) is 0 Å². The van der Waals surface area contributed by atoms with Gasteiger partial charge in [-0.15, -0.1) is 0 Å². The highest BCUT2D eigenvalue weighted by Gasteiger charge is 2.27. The normalized spacial score (nSPS) is 28.7. The summed E-state index contributed by atoms with van der Waals surface area (Å²) in [5.74, 6) is 0. The lowest BCUT2D eigenvalue weighted by Gasteiger charge is -2.34. The second-order valence-corrected chi connectivity index (χ2v) is 5.19. The van der Waals surface area contributed by atoms with E-state index in [1.165, 1.54) is 0 Å². The standard InChI is InChI=1S/C11H24N2O/c1-11(2,13(3)4)8-12-9-6-5-7-10(9)14/h9-10,12,14H,5-8H2,1-4H3/t9-,10+/m1/s1. The molecule has 1 saturated carbocycles. The number of aliphatic hydroxyl groups excluding tert-OH is 1. The summed E-state index contributed by atoms with van der Waals surface area (Å²) >= 11 is 0. The molecule has 0 unspecified atom stereocenters. The second kappa shape index (κ2) is 4.60. The molecule has 0 radical (unpaired) electrons. The van der Waals surface area contributed by atoms with Gasteiger partial charge in [-0.2, -0.15) is 0 Å². The maximum atomic E-state index is 9.65. The molecule has 1 aliphatic rings. The van der Waals surface area contributed by atoms with E-state index in [0.29, 0.717) is 6.04 Å². The molecule has 14 heavy (non-hydrogen) atoms. The Morgan fingerprint density at radius 3 is 2.43 bits per heavy atom. The minimum absolute atomic E-state index is 0.132. The molecule has 0 aromatic heterocycles. The molecule has 0 aromatic carbocycles. The van der Waals surface area contributed by atoms with Gasteiger partial charge < -0.3 is 15.3 Å². The molecule has 1 rings (SSSR count). The molecular weight excluding hydrogens is 176 g/mol. The molecule has 0 spiro atoms. The summed E-state index contributed by atoms with van der Waals surface area (Å²) < 4.78 is 0. The zero-order chi connectivity index (χ0) is 10.8. The fourth-order valence-corrected chi connectivity index (χ4v) is 1.72. The van der Waals surface area contributed by atoms with Crippen molar-refractivity contribution < 1.29 is 5.11 Å². The molecule has 1 fully saturated rings.